The van der Waals surface area contributed by atoms with Crippen molar-refractivity contribution in [2.75, 3.05) is 24.3 Å². The molecule has 1 heterocycles. The number of amides is 2. The molecule has 1 unspecified atom stereocenters. The van der Waals surface area contributed by atoms with Gasteiger partial charge >= 0.3 is 0 Å². The van der Waals surface area contributed by atoms with Gasteiger partial charge in [-0.1, -0.05) is 32.0 Å². The molecule has 3 aromatic rings. The molecule has 188 valence electrons. The number of carbonyl (C=O) groups excluding carboxylic acids is 2. The van der Waals surface area contributed by atoms with E-state index in [2.05, 4.69) is 24.5 Å². The molecule has 0 bridgehead atoms. The van der Waals surface area contributed by atoms with Crippen molar-refractivity contribution in [2.45, 2.75) is 31.2 Å². The number of hydrogen-bond donors (Lipinski definition) is 2. The number of carbonyl (C=O) groups is 2. The zero-order chi connectivity index (χ0) is 25.5. The van der Waals surface area contributed by atoms with Crippen LogP contribution in [-0.4, -0.2) is 30.8 Å². The normalized spacial score (nSPS) is 13.6. The van der Waals surface area contributed by atoms with Crippen LogP contribution in [0.1, 0.15) is 42.2 Å². The molecule has 3 aromatic carbocycles. The predicted octanol–water partition coefficient (Wildman–Crippen LogP) is 5.84. The number of thioether (sulfide) groups is 1. The highest BCUT2D eigenvalue weighted by atomic mass is 32.2. The third-order valence-corrected chi connectivity index (χ3v) is 6.78. The molecule has 0 spiro atoms. The minimum atomic E-state index is -0.367. The van der Waals surface area contributed by atoms with E-state index in [9.17, 15) is 14.0 Å². The van der Waals surface area contributed by atoms with Crippen LogP contribution in [0.5, 0.6) is 11.5 Å². The van der Waals surface area contributed by atoms with Crippen LogP contribution in [0.15, 0.2) is 71.6 Å². The van der Waals surface area contributed by atoms with Gasteiger partial charge < -0.3 is 20.1 Å². The minimum absolute atomic E-state index is 0.109. The zero-order valence-electron chi connectivity index (χ0n) is 20.3. The SMILES string of the molecule is CC(C)C(NC(=O)c1ccccc1SCC(=O)Nc1ccc(F)cc1)c1ccc2c(c1)OCCCO2. The summed E-state index contributed by atoms with van der Waals surface area (Å²) in [5.74, 6) is 0.807. The monoisotopic (exact) mass is 508 g/mol. The molecule has 36 heavy (non-hydrogen) atoms. The van der Waals surface area contributed by atoms with Crippen LogP contribution in [0.4, 0.5) is 10.1 Å². The lowest BCUT2D eigenvalue weighted by Crippen LogP contribution is -2.32. The van der Waals surface area contributed by atoms with Crippen molar-refractivity contribution in [2.24, 2.45) is 5.92 Å². The fourth-order valence-corrected chi connectivity index (χ4v) is 4.73. The third-order valence-electron chi connectivity index (χ3n) is 5.70. The van der Waals surface area contributed by atoms with Crippen LogP contribution in [-0.2, 0) is 4.79 Å². The Morgan fingerprint density at radius 2 is 1.69 bits per heavy atom. The molecule has 2 amide bonds. The zero-order valence-corrected chi connectivity index (χ0v) is 21.1. The fraction of sp³-hybridized carbons (Fsp3) is 0.286. The van der Waals surface area contributed by atoms with Crippen LogP contribution in [0.3, 0.4) is 0 Å². The van der Waals surface area contributed by atoms with Crippen LogP contribution in [0.25, 0.3) is 0 Å². The predicted molar refractivity (Wildman–Crippen MR) is 139 cm³/mol. The maximum absolute atomic E-state index is 13.3. The fourth-order valence-electron chi connectivity index (χ4n) is 3.88. The van der Waals surface area contributed by atoms with Crippen molar-refractivity contribution < 1.29 is 23.5 Å². The van der Waals surface area contributed by atoms with E-state index in [0.717, 1.165) is 12.0 Å². The van der Waals surface area contributed by atoms with Gasteiger partial charge in [-0.2, -0.15) is 0 Å². The largest absolute Gasteiger partial charge is 0.490 e. The van der Waals surface area contributed by atoms with Crippen LogP contribution < -0.4 is 20.1 Å². The average Bonchev–Trinajstić information content (AvgIpc) is 3.12. The number of nitrogens with one attached hydrogen (secondary N) is 2. The van der Waals surface area contributed by atoms with Crippen LogP contribution in [0.2, 0.25) is 0 Å². The van der Waals surface area contributed by atoms with Gasteiger partial charge in [0.05, 0.1) is 30.6 Å². The highest BCUT2D eigenvalue weighted by Crippen LogP contribution is 2.34. The number of ether oxygens (including phenoxy) is 2. The highest BCUT2D eigenvalue weighted by Gasteiger charge is 2.23. The van der Waals surface area contributed by atoms with E-state index < -0.39 is 0 Å². The maximum Gasteiger partial charge on any atom is 0.252 e. The summed E-state index contributed by atoms with van der Waals surface area (Å²) in [5.41, 5.74) is 1.95. The first-order chi connectivity index (χ1) is 17.4. The van der Waals surface area contributed by atoms with Crippen LogP contribution in [0, 0.1) is 11.7 Å². The van der Waals surface area contributed by atoms with E-state index >= 15 is 0 Å². The molecule has 2 N–H and O–H groups in total. The van der Waals surface area contributed by atoms with E-state index in [4.69, 9.17) is 9.47 Å². The molecule has 0 fully saturated rings. The number of rotatable bonds is 8. The minimum Gasteiger partial charge on any atom is -0.490 e. The molecule has 0 radical (unpaired) electrons. The van der Waals surface area contributed by atoms with E-state index in [-0.39, 0.29) is 35.3 Å². The van der Waals surface area contributed by atoms with Gasteiger partial charge in [0.1, 0.15) is 5.82 Å². The van der Waals surface area contributed by atoms with E-state index in [0.29, 0.717) is 40.9 Å². The van der Waals surface area contributed by atoms with Gasteiger partial charge in [0.15, 0.2) is 11.5 Å². The summed E-state index contributed by atoms with van der Waals surface area (Å²) in [6.07, 6.45) is 0.824. The molecule has 0 saturated heterocycles. The molecular weight excluding hydrogens is 479 g/mol. The molecule has 1 aliphatic heterocycles. The lowest BCUT2D eigenvalue weighted by Gasteiger charge is -2.24. The number of fused-ring (bicyclic) bond motifs is 1. The molecule has 8 heteroatoms. The number of hydrogen-bond acceptors (Lipinski definition) is 5. The first-order valence-corrected chi connectivity index (χ1v) is 12.9. The molecule has 1 aliphatic rings. The Bertz CT molecular complexity index is 1220. The lowest BCUT2D eigenvalue weighted by atomic mass is 9.95. The second-order valence-electron chi connectivity index (χ2n) is 8.79. The second-order valence-corrected chi connectivity index (χ2v) is 9.81. The Morgan fingerprint density at radius 1 is 0.972 bits per heavy atom. The van der Waals surface area contributed by atoms with Crippen molar-refractivity contribution in [1.82, 2.24) is 5.32 Å². The topological polar surface area (TPSA) is 76.7 Å². The summed E-state index contributed by atoms with van der Waals surface area (Å²) in [6.45, 7) is 5.31. The average molecular weight is 509 g/mol. The maximum atomic E-state index is 13.3. The summed E-state index contributed by atoms with van der Waals surface area (Å²) >= 11 is 1.27. The first-order valence-electron chi connectivity index (χ1n) is 11.9. The summed E-state index contributed by atoms with van der Waals surface area (Å²) < 4.78 is 24.7. The highest BCUT2D eigenvalue weighted by molar-refractivity contribution is 8.00. The smallest absolute Gasteiger partial charge is 0.252 e. The Morgan fingerprint density at radius 3 is 2.44 bits per heavy atom. The summed E-state index contributed by atoms with van der Waals surface area (Å²) in [7, 11) is 0. The van der Waals surface area contributed by atoms with Gasteiger partial charge in [-0.25, -0.2) is 4.39 Å². The van der Waals surface area contributed by atoms with E-state index in [1.165, 1.54) is 36.0 Å². The van der Waals surface area contributed by atoms with Crippen molar-refractivity contribution >= 4 is 29.3 Å². The molecule has 0 aliphatic carbocycles. The number of benzene rings is 3. The van der Waals surface area contributed by atoms with E-state index in [1.807, 2.05) is 30.3 Å². The molecule has 4 rings (SSSR count). The number of anilines is 1. The van der Waals surface area contributed by atoms with Crippen molar-refractivity contribution in [1.29, 1.82) is 0 Å². The van der Waals surface area contributed by atoms with Crippen molar-refractivity contribution in [3.05, 3.63) is 83.7 Å². The molecule has 0 saturated carbocycles. The number of halogens is 1. The van der Waals surface area contributed by atoms with Gasteiger partial charge in [-0.3, -0.25) is 9.59 Å². The first kappa shape index (κ1) is 25.6. The van der Waals surface area contributed by atoms with Gasteiger partial charge in [0, 0.05) is 17.0 Å². The summed E-state index contributed by atoms with van der Waals surface area (Å²) in [6, 6.07) is 18.3. The van der Waals surface area contributed by atoms with Gasteiger partial charge in [0.2, 0.25) is 5.91 Å². The van der Waals surface area contributed by atoms with Crippen molar-refractivity contribution in [3.8, 4) is 11.5 Å². The molecule has 0 aromatic heterocycles. The summed E-state index contributed by atoms with van der Waals surface area (Å²) in [5, 5.41) is 5.90. The second kappa shape index (κ2) is 11.9. The Labute approximate surface area is 214 Å². The molecule has 6 nitrogen and oxygen atoms in total. The third kappa shape index (κ3) is 6.57. The van der Waals surface area contributed by atoms with Gasteiger partial charge in [-0.15, -0.1) is 11.8 Å². The molecule has 1 atom stereocenters. The van der Waals surface area contributed by atoms with Crippen molar-refractivity contribution in [3.63, 3.8) is 0 Å². The van der Waals surface area contributed by atoms with E-state index in [1.54, 1.807) is 12.1 Å². The Kier molecular flexibility index (Phi) is 8.48. The Balaban J connectivity index is 1.44. The lowest BCUT2D eigenvalue weighted by molar-refractivity contribution is -0.113. The standard InChI is InChI=1S/C28H29FN2O4S/c1-18(2)27(19-8-13-23-24(16-19)35-15-5-14-34-23)31-28(33)22-6-3-4-7-25(22)36-17-26(32)30-21-11-9-20(29)10-12-21/h3-4,6-13,16,18,27H,5,14-15,17H2,1-2H3,(H,30,32)(H,31,33). The molecular formula is C28H29FN2O4S. The summed E-state index contributed by atoms with van der Waals surface area (Å²) in [4.78, 5) is 26.4. The van der Waals surface area contributed by atoms with Gasteiger partial charge in [-0.05, 0) is 60.0 Å². The Hall–Kier alpha value is -3.52. The quantitative estimate of drug-likeness (QED) is 0.374. The van der Waals surface area contributed by atoms with Gasteiger partial charge in [0.25, 0.3) is 5.91 Å². The van der Waals surface area contributed by atoms with Crippen LogP contribution >= 0.6 is 11.8 Å².